The first-order valence-corrected chi connectivity index (χ1v) is 7.95. The highest BCUT2D eigenvalue weighted by Crippen LogP contribution is 2.39. The van der Waals surface area contributed by atoms with Gasteiger partial charge in [-0.15, -0.1) is 0 Å². The van der Waals surface area contributed by atoms with Crippen LogP contribution in [-0.4, -0.2) is 48.6 Å². The summed E-state index contributed by atoms with van der Waals surface area (Å²) in [6.07, 6.45) is 10.9. The van der Waals surface area contributed by atoms with Gasteiger partial charge in [-0.25, -0.2) is 0 Å². The summed E-state index contributed by atoms with van der Waals surface area (Å²) < 4.78 is 0.584. The highest BCUT2D eigenvalue weighted by Gasteiger charge is 2.35. The Morgan fingerprint density at radius 2 is 2.06 bits per heavy atom. The maximum Gasteiger partial charge on any atom is 0.0284 e. The number of nitrogens with one attached hydrogen (secondary N) is 1. The Hall–Kier alpha value is 0.270. The van der Waals surface area contributed by atoms with Crippen molar-refractivity contribution in [3.63, 3.8) is 0 Å². The largest absolute Gasteiger partial charge is 0.316 e. The van der Waals surface area contributed by atoms with Gasteiger partial charge in [0, 0.05) is 23.9 Å². The highest BCUT2D eigenvalue weighted by atomic mass is 32.2. The van der Waals surface area contributed by atoms with Gasteiger partial charge in [0.05, 0.1) is 0 Å². The third-order valence-electron chi connectivity index (χ3n) is 4.39. The molecule has 94 valence electrons. The average molecular weight is 242 g/mol. The summed E-state index contributed by atoms with van der Waals surface area (Å²) in [6, 6.07) is 0.738. The summed E-state index contributed by atoms with van der Waals surface area (Å²) >= 11 is 2.13. The maximum absolute atomic E-state index is 3.41. The van der Waals surface area contributed by atoms with Crippen molar-refractivity contribution < 1.29 is 0 Å². The Kier molecular flexibility index (Phi) is 4.57. The number of likely N-dealkylation sites (tertiary alicyclic amines) is 1. The molecule has 2 aliphatic rings. The van der Waals surface area contributed by atoms with Gasteiger partial charge < -0.3 is 10.2 Å². The molecule has 2 fully saturated rings. The molecule has 0 aromatic heterocycles. The number of hydrogen-bond donors (Lipinski definition) is 1. The van der Waals surface area contributed by atoms with Gasteiger partial charge in [0.1, 0.15) is 0 Å². The fourth-order valence-electron chi connectivity index (χ4n) is 3.24. The minimum Gasteiger partial charge on any atom is -0.316 e. The quantitative estimate of drug-likeness (QED) is 0.815. The normalized spacial score (nSPS) is 30.8. The van der Waals surface area contributed by atoms with Crippen molar-refractivity contribution in [3.05, 3.63) is 0 Å². The standard InChI is InChI=1S/C13H26N2S/c1-14-12-6-9-15(10-12)11-13(16-2)7-4-3-5-8-13/h12,14H,3-11H2,1-2H3. The van der Waals surface area contributed by atoms with Crippen LogP contribution in [0.1, 0.15) is 38.5 Å². The van der Waals surface area contributed by atoms with Crippen LogP contribution >= 0.6 is 11.8 Å². The fourth-order valence-corrected chi connectivity index (χ4v) is 4.25. The smallest absolute Gasteiger partial charge is 0.0284 e. The van der Waals surface area contributed by atoms with E-state index in [1.165, 1.54) is 58.2 Å². The lowest BCUT2D eigenvalue weighted by molar-refractivity contribution is 0.254. The molecule has 1 aliphatic carbocycles. The molecule has 1 heterocycles. The van der Waals surface area contributed by atoms with Crippen molar-refractivity contribution in [2.24, 2.45) is 0 Å². The zero-order valence-corrected chi connectivity index (χ0v) is 11.6. The van der Waals surface area contributed by atoms with Crippen molar-refractivity contribution in [1.29, 1.82) is 0 Å². The van der Waals surface area contributed by atoms with Crippen molar-refractivity contribution in [2.75, 3.05) is 32.9 Å². The fraction of sp³-hybridized carbons (Fsp3) is 1.00. The number of hydrogen-bond acceptors (Lipinski definition) is 3. The maximum atomic E-state index is 3.41. The van der Waals surface area contributed by atoms with Crippen LogP contribution < -0.4 is 5.32 Å². The third kappa shape index (κ3) is 2.93. The van der Waals surface area contributed by atoms with E-state index in [2.05, 4.69) is 35.3 Å². The summed E-state index contributed by atoms with van der Waals surface area (Å²) in [5.41, 5.74) is 0. The van der Waals surface area contributed by atoms with Gasteiger partial charge in [-0.05, 0) is 39.1 Å². The van der Waals surface area contributed by atoms with Crippen LogP contribution in [0.2, 0.25) is 0 Å². The summed E-state index contributed by atoms with van der Waals surface area (Å²) in [4.78, 5) is 2.68. The van der Waals surface area contributed by atoms with Gasteiger partial charge in [-0.2, -0.15) is 11.8 Å². The molecule has 16 heavy (non-hydrogen) atoms. The second-order valence-corrected chi connectivity index (χ2v) is 6.73. The third-order valence-corrected chi connectivity index (χ3v) is 5.79. The number of thioether (sulfide) groups is 1. The van der Waals surface area contributed by atoms with Crippen LogP contribution in [0.15, 0.2) is 0 Å². The van der Waals surface area contributed by atoms with Crippen molar-refractivity contribution >= 4 is 11.8 Å². The van der Waals surface area contributed by atoms with E-state index in [1.807, 2.05) is 0 Å². The molecule has 1 unspecified atom stereocenters. The molecule has 1 saturated heterocycles. The van der Waals surface area contributed by atoms with Crippen LogP contribution in [0.5, 0.6) is 0 Å². The molecular formula is C13H26N2S. The van der Waals surface area contributed by atoms with E-state index < -0.39 is 0 Å². The first-order chi connectivity index (χ1) is 7.78. The van der Waals surface area contributed by atoms with Crippen LogP contribution in [0.25, 0.3) is 0 Å². The molecule has 2 rings (SSSR count). The Balaban J connectivity index is 1.86. The van der Waals surface area contributed by atoms with Crippen LogP contribution in [0, 0.1) is 0 Å². The molecule has 1 atom stereocenters. The zero-order valence-electron chi connectivity index (χ0n) is 10.8. The zero-order chi connectivity index (χ0) is 11.4. The molecule has 0 amide bonds. The van der Waals surface area contributed by atoms with Gasteiger partial charge >= 0.3 is 0 Å². The molecule has 0 bridgehead atoms. The lowest BCUT2D eigenvalue weighted by Gasteiger charge is -2.39. The average Bonchev–Trinajstić information content (AvgIpc) is 2.78. The summed E-state index contributed by atoms with van der Waals surface area (Å²) in [5, 5.41) is 3.41. The van der Waals surface area contributed by atoms with E-state index in [-0.39, 0.29) is 0 Å². The van der Waals surface area contributed by atoms with E-state index in [4.69, 9.17) is 0 Å². The monoisotopic (exact) mass is 242 g/mol. The summed E-state index contributed by atoms with van der Waals surface area (Å²) in [5.74, 6) is 0. The number of rotatable bonds is 4. The minimum absolute atomic E-state index is 0.584. The van der Waals surface area contributed by atoms with Gasteiger partial charge in [0.15, 0.2) is 0 Å². The van der Waals surface area contributed by atoms with E-state index >= 15 is 0 Å². The van der Waals surface area contributed by atoms with Crippen molar-refractivity contribution in [3.8, 4) is 0 Å². The topological polar surface area (TPSA) is 15.3 Å². The van der Waals surface area contributed by atoms with E-state index in [1.54, 1.807) is 0 Å². The molecule has 1 saturated carbocycles. The Morgan fingerprint density at radius 1 is 1.31 bits per heavy atom. The summed E-state index contributed by atoms with van der Waals surface area (Å²) in [6.45, 7) is 3.89. The Bertz CT molecular complexity index is 214. The minimum atomic E-state index is 0.584. The van der Waals surface area contributed by atoms with E-state index in [9.17, 15) is 0 Å². The number of likely N-dealkylation sites (N-methyl/N-ethyl adjacent to an activating group) is 1. The second-order valence-electron chi connectivity index (χ2n) is 5.46. The van der Waals surface area contributed by atoms with Crippen molar-refractivity contribution in [1.82, 2.24) is 10.2 Å². The Labute approximate surface area is 105 Å². The summed E-state index contributed by atoms with van der Waals surface area (Å²) in [7, 11) is 2.10. The van der Waals surface area contributed by atoms with Gasteiger partial charge in [0.25, 0.3) is 0 Å². The molecule has 1 N–H and O–H groups in total. The first kappa shape index (κ1) is 12.7. The highest BCUT2D eigenvalue weighted by molar-refractivity contribution is 8.00. The van der Waals surface area contributed by atoms with Gasteiger partial charge in [0.2, 0.25) is 0 Å². The molecule has 2 nitrogen and oxygen atoms in total. The van der Waals surface area contributed by atoms with Crippen molar-refractivity contribution in [2.45, 2.75) is 49.3 Å². The molecule has 3 heteroatoms. The SMILES string of the molecule is CNC1CCN(CC2(SC)CCCCC2)C1. The van der Waals surface area contributed by atoms with E-state index in [0.717, 1.165) is 6.04 Å². The van der Waals surface area contributed by atoms with Crippen LogP contribution in [0.4, 0.5) is 0 Å². The van der Waals surface area contributed by atoms with Crippen LogP contribution in [-0.2, 0) is 0 Å². The lowest BCUT2D eigenvalue weighted by Crippen LogP contribution is -2.42. The molecule has 0 radical (unpaired) electrons. The van der Waals surface area contributed by atoms with Crippen LogP contribution in [0.3, 0.4) is 0 Å². The molecule has 1 aliphatic heterocycles. The second kappa shape index (κ2) is 5.74. The predicted octanol–water partition coefficient (Wildman–Crippen LogP) is 2.35. The Morgan fingerprint density at radius 3 is 2.62 bits per heavy atom. The first-order valence-electron chi connectivity index (χ1n) is 6.73. The number of nitrogens with zero attached hydrogens (tertiary/aromatic N) is 1. The lowest BCUT2D eigenvalue weighted by atomic mass is 9.88. The predicted molar refractivity (Wildman–Crippen MR) is 73.2 cm³/mol. The van der Waals surface area contributed by atoms with Gasteiger partial charge in [-0.1, -0.05) is 19.3 Å². The molecular weight excluding hydrogens is 216 g/mol. The molecule has 0 spiro atoms. The van der Waals surface area contributed by atoms with E-state index in [0.29, 0.717) is 4.75 Å². The molecule has 0 aromatic rings. The van der Waals surface area contributed by atoms with Gasteiger partial charge in [-0.3, -0.25) is 0 Å². The molecule has 0 aromatic carbocycles.